The van der Waals surface area contributed by atoms with E-state index in [1.165, 1.54) is 0 Å². The van der Waals surface area contributed by atoms with Crippen LogP contribution >= 0.6 is 11.8 Å². The fraction of sp³-hybridized carbons (Fsp3) is 0.654. The maximum Gasteiger partial charge on any atom is 0.311 e. The van der Waals surface area contributed by atoms with Crippen molar-refractivity contribution < 1.29 is 24.2 Å². The van der Waals surface area contributed by atoms with Gasteiger partial charge in [0.05, 0.1) is 23.2 Å². The molecule has 186 valence electrons. The molecule has 3 fully saturated rings. The van der Waals surface area contributed by atoms with Gasteiger partial charge < -0.3 is 20.1 Å². The maximum atomic E-state index is 13.9. The first kappa shape index (κ1) is 25.0. The molecule has 0 aliphatic carbocycles. The molecule has 0 radical (unpaired) electrons. The Bertz CT molecular complexity index is 984. The van der Waals surface area contributed by atoms with E-state index >= 15 is 0 Å². The molecule has 7 nitrogen and oxygen atoms in total. The fourth-order valence-corrected chi connectivity index (χ4v) is 8.54. The van der Waals surface area contributed by atoms with Crippen LogP contribution in [0.1, 0.15) is 57.1 Å². The molecule has 3 aliphatic rings. The van der Waals surface area contributed by atoms with Crippen molar-refractivity contribution >= 4 is 35.2 Å². The topological polar surface area (TPSA) is 95.9 Å². The van der Waals surface area contributed by atoms with E-state index < -0.39 is 27.4 Å². The number of hydrogen-bond donors (Lipinski definition) is 2. The summed E-state index contributed by atoms with van der Waals surface area (Å²) in [7, 11) is 0. The van der Waals surface area contributed by atoms with Gasteiger partial charge in [0.25, 0.3) is 0 Å². The average Bonchev–Trinajstić information content (AvgIpc) is 3.35. The van der Waals surface area contributed by atoms with Crippen LogP contribution in [-0.4, -0.2) is 63.1 Å². The molecule has 34 heavy (non-hydrogen) atoms. The van der Waals surface area contributed by atoms with Crippen LogP contribution < -0.4 is 5.32 Å². The lowest BCUT2D eigenvalue weighted by Gasteiger charge is -2.34. The second-order valence-corrected chi connectivity index (χ2v) is 12.0. The number of hydrogen-bond acceptors (Lipinski definition) is 6. The second kappa shape index (κ2) is 9.53. The molecule has 0 aromatic heterocycles. The summed E-state index contributed by atoms with van der Waals surface area (Å²) in [5.41, 5.74) is 2.76. The highest BCUT2D eigenvalue weighted by Crippen LogP contribution is 2.71. The van der Waals surface area contributed by atoms with Gasteiger partial charge in [0.15, 0.2) is 0 Å². The Morgan fingerprint density at radius 2 is 2.00 bits per heavy atom. The van der Waals surface area contributed by atoms with E-state index in [-0.39, 0.29) is 31.0 Å². The lowest BCUT2D eigenvalue weighted by molar-refractivity contribution is -0.155. The minimum absolute atomic E-state index is 0.107. The van der Waals surface area contributed by atoms with Crippen molar-refractivity contribution in [3.63, 3.8) is 0 Å². The number of benzene rings is 1. The minimum Gasteiger partial charge on any atom is -0.466 e. The standard InChI is InChI=1S/C26H36N2O5S/c1-5-33-24(32)20-19-23(31)28(13-7-6-8-14-29)21(26(19)12-11-25(20,4)34-26)22(30)27-18-15-16(2)9-10-17(18)3/h9-10,15,19-21,29H,5-8,11-14H2,1-4H3,(H,27,30)/t19-,20+,21?,25-,26?/m0/s1. The summed E-state index contributed by atoms with van der Waals surface area (Å²) in [6, 6.07) is 5.29. The van der Waals surface area contributed by atoms with Gasteiger partial charge >= 0.3 is 5.97 Å². The zero-order valence-corrected chi connectivity index (χ0v) is 21.4. The summed E-state index contributed by atoms with van der Waals surface area (Å²) < 4.78 is 4.37. The van der Waals surface area contributed by atoms with E-state index in [0.29, 0.717) is 19.4 Å². The number of unbranched alkanes of at least 4 members (excludes halogenated alkanes) is 2. The molecule has 1 aromatic rings. The van der Waals surface area contributed by atoms with Gasteiger partial charge in [0, 0.05) is 23.6 Å². The number of aliphatic hydroxyl groups excluding tert-OH is 1. The van der Waals surface area contributed by atoms with Crippen molar-refractivity contribution in [1.29, 1.82) is 0 Å². The fourth-order valence-electron chi connectivity index (χ4n) is 6.20. The molecule has 3 aliphatic heterocycles. The highest BCUT2D eigenvalue weighted by Gasteiger charge is 2.77. The normalized spacial score (nSPS) is 31.6. The van der Waals surface area contributed by atoms with Gasteiger partial charge in [0.1, 0.15) is 6.04 Å². The molecule has 1 aromatic carbocycles. The highest BCUT2D eigenvalue weighted by atomic mass is 32.2. The molecule has 8 heteroatoms. The van der Waals surface area contributed by atoms with Crippen LogP contribution in [0.15, 0.2) is 18.2 Å². The number of aryl methyl sites for hydroxylation is 2. The number of likely N-dealkylation sites (tertiary alicyclic amines) is 1. The monoisotopic (exact) mass is 488 g/mol. The molecule has 1 spiro atoms. The Balaban J connectivity index is 1.69. The lowest BCUT2D eigenvalue weighted by Crippen LogP contribution is -2.51. The summed E-state index contributed by atoms with van der Waals surface area (Å²) in [6.07, 6.45) is 3.63. The second-order valence-electron chi connectivity index (χ2n) is 10.1. The zero-order valence-electron chi connectivity index (χ0n) is 20.6. The number of nitrogens with one attached hydrogen (secondary N) is 1. The third-order valence-corrected chi connectivity index (χ3v) is 9.76. The minimum atomic E-state index is -0.648. The summed E-state index contributed by atoms with van der Waals surface area (Å²) in [5.74, 6) is -1.72. The van der Waals surface area contributed by atoms with Gasteiger partial charge in [-0.3, -0.25) is 14.4 Å². The van der Waals surface area contributed by atoms with Crippen molar-refractivity contribution in [3.8, 4) is 0 Å². The van der Waals surface area contributed by atoms with Gasteiger partial charge in [-0.1, -0.05) is 12.1 Å². The number of carbonyl (C=O) groups excluding carboxylic acids is 3. The summed E-state index contributed by atoms with van der Waals surface area (Å²) >= 11 is 1.66. The van der Waals surface area contributed by atoms with Crippen molar-refractivity contribution in [1.82, 2.24) is 4.90 Å². The summed E-state index contributed by atoms with van der Waals surface area (Å²) in [6.45, 7) is 8.58. The Labute approximate surface area is 206 Å². The van der Waals surface area contributed by atoms with E-state index in [1.54, 1.807) is 23.6 Å². The van der Waals surface area contributed by atoms with Gasteiger partial charge in [-0.25, -0.2) is 0 Å². The van der Waals surface area contributed by atoms with Crippen LogP contribution in [0.4, 0.5) is 5.69 Å². The van der Waals surface area contributed by atoms with Crippen LogP contribution in [0.2, 0.25) is 0 Å². The van der Waals surface area contributed by atoms with Crippen molar-refractivity contribution in [2.75, 3.05) is 25.1 Å². The Kier molecular flexibility index (Phi) is 7.02. The summed E-state index contributed by atoms with van der Waals surface area (Å²) in [4.78, 5) is 42.5. The molecule has 3 heterocycles. The van der Waals surface area contributed by atoms with Gasteiger partial charge in [0.2, 0.25) is 11.8 Å². The largest absolute Gasteiger partial charge is 0.466 e. The number of aliphatic hydroxyl groups is 1. The SMILES string of the molecule is CCOC(=O)[C@H]1[C@H]2C(=O)N(CCCCCO)C(C(=O)Nc3cc(C)ccc3C)C23CC[C@]1(C)S3. The number of nitrogens with zero attached hydrogens (tertiary/aromatic N) is 1. The van der Waals surface area contributed by atoms with Crippen molar-refractivity contribution in [2.24, 2.45) is 11.8 Å². The van der Waals surface area contributed by atoms with Gasteiger partial charge in [-0.2, -0.15) is 0 Å². The predicted octanol–water partition coefficient (Wildman–Crippen LogP) is 3.45. The van der Waals surface area contributed by atoms with Crippen LogP contribution in [-0.2, 0) is 19.1 Å². The molecule has 0 saturated carbocycles. The van der Waals surface area contributed by atoms with E-state index in [9.17, 15) is 14.4 Å². The Morgan fingerprint density at radius 1 is 1.24 bits per heavy atom. The number of ether oxygens (including phenoxy) is 1. The number of esters is 1. The van der Waals surface area contributed by atoms with Gasteiger partial charge in [-0.05, 0) is 77.0 Å². The quantitative estimate of drug-likeness (QED) is 0.408. The number of rotatable bonds is 9. The van der Waals surface area contributed by atoms with E-state index in [2.05, 4.69) is 5.32 Å². The molecule has 5 atom stereocenters. The number of fused-ring (bicyclic) bond motifs is 1. The van der Waals surface area contributed by atoms with E-state index in [0.717, 1.165) is 36.1 Å². The Hall–Kier alpha value is -2.06. The Morgan fingerprint density at radius 3 is 2.71 bits per heavy atom. The van der Waals surface area contributed by atoms with Crippen LogP contribution in [0.3, 0.4) is 0 Å². The van der Waals surface area contributed by atoms with Gasteiger partial charge in [-0.15, -0.1) is 11.8 Å². The van der Waals surface area contributed by atoms with Crippen LogP contribution in [0, 0.1) is 25.7 Å². The smallest absolute Gasteiger partial charge is 0.311 e. The molecule has 2 bridgehead atoms. The first-order valence-electron chi connectivity index (χ1n) is 12.3. The third-order valence-electron chi connectivity index (χ3n) is 7.77. The zero-order chi connectivity index (χ0) is 24.7. The van der Waals surface area contributed by atoms with Crippen LogP contribution in [0.25, 0.3) is 0 Å². The average molecular weight is 489 g/mol. The molecule has 3 saturated heterocycles. The van der Waals surface area contributed by atoms with E-state index in [4.69, 9.17) is 9.84 Å². The molecule has 2 amide bonds. The highest BCUT2D eigenvalue weighted by molar-refractivity contribution is 8.02. The number of thioether (sulfide) groups is 1. The first-order valence-corrected chi connectivity index (χ1v) is 13.2. The molecule has 2 unspecified atom stereocenters. The first-order chi connectivity index (χ1) is 16.2. The van der Waals surface area contributed by atoms with Crippen molar-refractivity contribution in [3.05, 3.63) is 29.3 Å². The maximum absolute atomic E-state index is 13.9. The number of anilines is 1. The van der Waals surface area contributed by atoms with Crippen LogP contribution in [0.5, 0.6) is 0 Å². The molecular weight excluding hydrogens is 452 g/mol. The predicted molar refractivity (Wildman–Crippen MR) is 133 cm³/mol. The molecular formula is C26H36N2O5S. The number of carbonyl (C=O) groups is 3. The van der Waals surface area contributed by atoms with E-state index in [1.807, 2.05) is 39.0 Å². The third kappa shape index (κ3) is 4.02. The molecule has 4 rings (SSSR count). The van der Waals surface area contributed by atoms with Crippen molar-refractivity contribution in [2.45, 2.75) is 75.3 Å². The molecule has 2 N–H and O–H groups in total. The lowest BCUT2D eigenvalue weighted by atomic mass is 9.66. The number of amides is 2. The summed E-state index contributed by atoms with van der Waals surface area (Å²) in [5, 5.41) is 12.3.